The van der Waals surface area contributed by atoms with Crippen molar-refractivity contribution in [2.45, 2.75) is 25.3 Å². The van der Waals surface area contributed by atoms with Gasteiger partial charge in [0.25, 0.3) is 0 Å². The van der Waals surface area contributed by atoms with E-state index in [1.807, 2.05) is 25.4 Å². The second kappa shape index (κ2) is 5.23. The molecule has 4 heterocycles. The molecule has 0 bridgehead atoms. The molecule has 1 fully saturated rings. The van der Waals surface area contributed by atoms with E-state index < -0.39 is 0 Å². The second-order valence-corrected chi connectivity index (χ2v) is 5.99. The van der Waals surface area contributed by atoms with Crippen molar-refractivity contribution in [3.8, 4) is 0 Å². The van der Waals surface area contributed by atoms with Gasteiger partial charge in [-0.2, -0.15) is 0 Å². The van der Waals surface area contributed by atoms with E-state index in [4.69, 9.17) is 4.98 Å². The molecule has 1 atom stereocenters. The van der Waals surface area contributed by atoms with Crippen LogP contribution < -0.4 is 4.90 Å². The second-order valence-electron chi connectivity index (χ2n) is 5.99. The van der Waals surface area contributed by atoms with Gasteiger partial charge in [0, 0.05) is 36.8 Å². The van der Waals surface area contributed by atoms with Crippen molar-refractivity contribution >= 4 is 27.8 Å². The average molecular weight is 297 g/mol. The first kappa shape index (κ1) is 13.5. The Hall–Kier alpha value is -2.17. The summed E-state index contributed by atoms with van der Waals surface area (Å²) in [5, 5.41) is 2.21. The lowest BCUT2D eigenvalue weighted by Crippen LogP contribution is -2.41. The zero-order valence-electron chi connectivity index (χ0n) is 12.7. The normalized spacial score (nSPS) is 19.2. The Labute approximate surface area is 128 Å². The molecule has 1 aliphatic rings. The highest BCUT2D eigenvalue weighted by molar-refractivity contribution is 6.06. The molecule has 0 amide bonds. The fourth-order valence-corrected chi connectivity index (χ4v) is 3.53. The molecule has 1 saturated heterocycles. The van der Waals surface area contributed by atoms with E-state index in [-0.39, 0.29) is 12.7 Å². The maximum atomic E-state index is 13.3. The van der Waals surface area contributed by atoms with Crippen LogP contribution in [0.3, 0.4) is 0 Å². The molecule has 1 aliphatic heterocycles. The summed E-state index contributed by atoms with van der Waals surface area (Å²) in [6, 6.07) is 6.08. The van der Waals surface area contributed by atoms with Crippen molar-refractivity contribution in [1.29, 1.82) is 0 Å². The Morgan fingerprint density at radius 2 is 2.14 bits per heavy atom. The van der Waals surface area contributed by atoms with Crippen LogP contribution in [0.25, 0.3) is 21.9 Å². The van der Waals surface area contributed by atoms with Crippen molar-refractivity contribution in [3.63, 3.8) is 0 Å². The molecule has 4 rings (SSSR count). The van der Waals surface area contributed by atoms with Crippen molar-refractivity contribution in [1.82, 2.24) is 14.5 Å². The van der Waals surface area contributed by atoms with E-state index >= 15 is 0 Å². The third-order valence-corrected chi connectivity index (χ3v) is 4.73. The average Bonchev–Trinajstić information content (AvgIpc) is 2.88. The number of rotatable bonds is 2. The van der Waals surface area contributed by atoms with Crippen LogP contribution in [-0.2, 0) is 7.05 Å². The highest BCUT2D eigenvalue weighted by Crippen LogP contribution is 2.30. The largest absolute Gasteiger partial charge is 0.351 e. The molecule has 3 aromatic rings. The van der Waals surface area contributed by atoms with Crippen LogP contribution in [0.2, 0.25) is 0 Å². The van der Waals surface area contributed by atoms with E-state index in [1.54, 1.807) is 6.20 Å². The summed E-state index contributed by atoms with van der Waals surface area (Å²) in [4.78, 5) is 11.2. The highest BCUT2D eigenvalue weighted by atomic mass is 18.2. The number of halogens is 1. The van der Waals surface area contributed by atoms with Crippen molar-refractivity contribution in [2.24, 2.45) is 7.05 Å². The predicted octanol–water partition coefficient (Wildman–Crippen LogP) is 3.45. The van der Waals surface area contributed by atoms with Crippen LogP contribution in [0, 0.1) is 0 Å². The van der Waals surface area contributed by atoms with Crippen molar-refractivity contribution < 1.29 is 4.39 Å². The van der Waals surface area contributed by atoms with Crippen LogP contribution in [0.1, 0.15) is 19.3 Å². The standard InChI is InChI=1S/C17H19FN4/c1-21-15-7-8-19-11-14(15)13-5-6-16(20-17(13)21)22-9-3-2-4-12(22)10-18/h5-8,11-12H,2-4,9-10H2,1H3/t12-/m0/s1/i18-1. The van der Waals surface area contributed by atoms with Gasteiger partial charge in [0.15, 0.2) is 0 Å². The Morgan fingerprint density at radius 1 is 1.23 bits per heavy atom. The van der Waals surface area contributed by atoms with Gasteiger partial charge in [-0.25, -0.2) is 9.37 Å². The van der Waals surface area contributed by atoms with E-state index in [2.05, 4.69) is 20.5 Å². The number of pyridine rings is 2. The molecule has 0 unspecified atom stereocenters. The fourth-order valence-electron chi connectivity index (χ4n) is 3.53. The third kappa shape index (κ3) is 1.95. The van der Waals surface area contributed by atoms with E-state index in [9.17, 15) is 4.39 Å². The fraction of sp³-hybridized carbons (Fsp3) is 0.412. The molecule has 0 spiro atoms. The summed E-state index contributed by atoms with van der Waals surface area (Å²) in [6.45, 7) is 0.581. The molecule has 0 aliphatic carbocycles. The monoisotopic (exact) mass is 297 g/mol. The van der Waals surface area contributed by atoms with Crippen LogP contribution in [0.5, 0.6) is 0 Å². The minimum absolute atomic E-state index is 0.0324. The maximum absolute atomic E-state index is 13.3. The van der Waals surface area contributed by atoms with Gasteiger partial charge >= 0.3 is 0 Å². The zero-order valence-corrected chi connectivity index (χ0v) is 12.7. The lowest BCUT2D eigenvalue weighted by atomic mass is 10.0. The van der Waals surface area contributed by atoms with E-state index in [0.717, 1.165) is 53.6 Å². The predicted molar refractivity (Wildman–Crippen MR) is 87.0 cm³/mol. The van der Waals surface area contributed by atoms with Gasteiger partial charge in [-0.05, 0) is 37.5 Å². The zero-order chi connectivity index (χ0) is 15.1. The number of aromatic nitrogens is 3. The lowest BCUT2D eigenvalue weighted by Gasteiger charge is -2.35. The van der Waals surface area contributed by atoms with Crippen molar-refractivity contribution in [2.75, 3.05) is 18.1 Å². The molecule has 0 saturated carbocycles. The minimum atomic E-state index is -0.307. The van der Waals surface area contributed by atoms with Gasteiger partial charge in [-0.15, -0.1) is 0 Å². The summed E-state index contributed by atoms with van der Waals surface area (Å²) >= 11 is 0. The van der Waals surface area contributed by atoms with Crippen LogP contribution in [0.15, 0.2) is 30.6 Å². The molecule has 5 heteroatoms. The van der Waals surface area contributed by atoms with Gasteiger partial charge in [0.05, 0.1) is 11.6 Å². The van der Waals surface area contributed by atoms with Gasteiger partial charge in [-0.1, -0.05) is 0 Å². The Morgan fingerprint density at radius 3 is 3.00 bits per heavy atom. The van der Waals surface area contributed by atoms with Gasteiger partial charge < -0.3 is 9.47 Å². The Balaban J connectivity index is 1.86. The van der Waals surface area contributed by atoms with E-state index in [1.165, 1.54) is 0 Å². The van der Waals surface area contributed by atoms with E-state index in [0.29, 0.717) is 0 Å². The van der Waals surface area contributed by atoms with Crippen LogP contribution in [-0.4, -0.2) is 33.8 Å². The van der Waals surface area contributed by atoms with Gasteiger partial charge in [0.2, 0.25) is 0 Å². The number of hydrogen-bond donors (Lipinski definition) is 0. The third-order valence-electron chi connectivity index (χ3n) is 4.73. The lowest BCUT2D eigenvalue weighted by molar-refractivity contribution is 0.357. The number of fused-ring (bicyclic) bond motifs is 3. The molecular weight excluding hydrogens is 278 g/mol. The summed E-state index contributed by atoms with van der Waals surface area (Å²) in [5.41, 5.74) is 2.05. The summed E-state index contributed by atoms with van der Waals surface area (Å²) in [7, 11) is 2.02. The number of piperidine rings is 1. The van der Waals surface area contributed by atoms with Crippen LogP contribution in [0.4, 0.5) is 10.2 Å². The number of anilines is 1. The Bertz CT molecular complexity index is 826. The molecule has 0 radical (unpaired) electrons. The molecule has 0 aromatic carbocycles. The van der Waals surface area contributed by atoms with Crippen LogP contribution >= 0.6 is 0 Å². The minimum Gasteiger partial charge on any atom is -0.351 e. The first-order chi connectivity index (χ1) is 10.8. The summed E-state index contributed by atoms with van der Waals surface area (Å²) in [6.07, 6.45) is 6.80. The number of alkyl halides is 1. The first-order valence-corrected chi connectivity index (χ1v) is 7.81. The Kier molecular flexibility index (Phi) is 3.21. The molecule has 4 nitrogen and oxygen atoms in total. The smallest absolute Gasteiger partial charge is 0.143 e. The number of hydrogen-bond acceptors (Lipinski definition) is 3. The maximum Gasteiger partial charge on any atom is 0.143 e. The van der Waals surface area contributed by atoms with Crippen molar-refractivity contribution in [3.05, 3.63) is 30.6 Å². The molecule has 0 N–H and O–H groups in total. The highest BCUT2D eigenvalue weighted by Gasteiger charge is 2.24. The molecule has 22 heavy (non-hydrogen) atoms. The van der Waals surface area contributed by atoms with Gasteiger partial charge in [-0.3, -0.25) is 4.98 Å². The number of nitrogens with zero attached hydrogens (tertiary/aromatic N) is 4. The number of aryl methyl sites for hydroxylation is 1. The molecule has 114 valence electrons. The summed E-state index contributed by atoms with van der Waals surface area (Å²) in [5.74, 6) is 0.883. The van der Waals surface area contributed by atoms with Gasteiger partial charge in [0.1, 0.15) is 18.1 Å². The topological polar surface area (TPSA) is 34.0 Å². The quantitative estimate of drug-likeness (QED) is 0.726. The summed E-state index contributed by atoms with van der Waals surface area (Å²) < 4.78 is 15.4. The SMILES string of the molecule is Cn1c2ccncc2c2ccc(N3CCCC[C@H]3C[18F])nc21. The molecular formula is C17H19FN4. The first-order valence-electron chi connectivity index (χ1n) is 7.81. The molecule has 3 aromatic heterocycles.